The van der Waals surface area contributed by atoms with E-state index < -0.39 is 29.5 Å². The third-order valence-electron chi connectivity index (χ3n) is 3.49. The Morgan fingerprint density at radius 1 is 1.00 bits per heavy atom. The average molecular weight is 384 g/mol. The van der Waals surface area contributed by atoms with E-state index in [-0.39, 0.29) is 6.42 Å². The van der Waals surface area contributed by atoms with Gasteiger partial charge in [-0.3, -0.25) is 4.55 Å². The third kappa shape index (κ3) is 6.36. The highest BCUT2D eigenvalue weighted by molar-refractivity contribution is 7.94. The van der Waals surface area contributed by atoms with Crippen molar-refractivity contribution in [2.45, 2.75) is 24.3 Å². The Bertz CT molecular complexity index is 788. The molecular weight excluding hydrogens is 367 g/mol. The van der Waals surface area contributed by atoms with Crippen molar-refractivity contribution in [2.24, 2.45) is 0 Å². The topological polar surface area (TPSA) is 133 Å². The number of rotatable bonds is 8. The van der Waals surface area contributed by atoms with Crippen LogP contribution in [0.4, 0.5) is 0 Å². The van der Waals surface area contributed by atoms with Crippen molar-refractivity contribution < 1.29 is 32.4 Å². The van der Waals surface area contributed by atoms with Crippen LogP contribution in [0.15, 0.2) is 54.6 Å². The summed E-state index contributed by atoms with van der Waals surface area (Å²) in [6.45, 7) is 0. The molecule has 0 radical (unpaired) electrons. The molecule has 9 heteroatoms. The minimum atomic E-state index is -5.44. The lowest BCUT2D eigenvalue weighted by molar-refractivity contribution is -0.428. The standard InChI is InChI=1S/C16H19O7PS/c17-24(18,19)16(25(20,21)22)11-5-7-13-6-4-10-15(12-13)23-14-8-2-1-3-9-14/h1-4,6,8-10,12,16H,5,7,11H2,(H2,17,18,19)(H,20,21,22)/p-2/t16-/m1/s1. The van der Waals surface area contributed by atoms with Crippen molar-refractivity contribution in [1.29, 1.82) is 0 Å². The molecule has 0 bridgehead atoms. The number of hydrogen-bond acceptors (Lipinski definition) is 6. The molecule has 0 amide bonds. The fraction of sp³-hybridized carbons (Fsp3) is 0.250. The molecule has 1 N–H and O–H groups in total. The average Bonchev–Trinajstić information content (AvgIpc) is 2.50. The molecule has 0 unspecified atom stereocenters. The van der Waals surface area contributed by atoms with Gasteiger partial charge < -0.3 is 19.4 Å². The van der Waals surface area contributed by atoms with E-state index in [0.717, 1.165) is 5.56 Å². The van der Waals surface area contributed by atoms with Crippen LogP contribution in [0.3, 0.4) is 0 Å². The molecule has 2 aromatic carbocycles. The highest BCUT2D eigenvalue weighted by Gasteiger charge is 2.30. The Kier molecular flexibility index (Phi) is 6.51. The zero-order valence-electron chi connectivity index (χ0n) is 13.1. The van der Waals surface area contributed by atoms with E-state index in [2.05, 4.69) is 0 Å². The zero-order chi connectivity index (χ0) is 18.5. The van der Waals surface area contributed by atoms with Gasteiger partial charge in [-0.25, -0.2) is 0 Å². The van der Waals surface area contributed by atoms with Gasteiger partial charge in [0, 0.05) is 6.42 Å². The van der Waals surface area contributed by atoms with Crippen LogP contribution in [0, 0.1) is 0 Å². The van der Waals surface area contributed by atoms with Crippen LogP contribution in [0.25, 0.3) is 0 Å². The number of ether oxygens (including phenoxy) is 1. The molecule has 0 heterocycles. The second-order valence-electron chi connectivity index (χ2n) is 5.46. The van der Waals surface area contributed by atoms with E-state index in [1.807, 2.05) is 18.2 Å². The maximum atomic E-state index is 11.0. The van der Waals surface area contributed by atoms with Gasteiger partial charge in [-0.15, -0.1) is 7.94 Å². The monoisotopic (exact) mass is 384 g/mol. The Labute approximate surface area is 146 Å². The second-order valence-corrected chi connectivity index (χ2v) is 9.12. The van der Waals surface area contributed by atoms with E-state index in [1.165, 1.54) is 0 Å². The molecule has 0 spiro atoms. The summed E-state index contributed by atoms with van der Waals surface area (Å²) in [5.41, 5.74) is 0.786. The van der Waals surface area contributed by atoms with Crippen molar-refractivity contribution in [3.8, 4) is 11.5 Å². The summed E-state index contributed by atoms with van der Waals surface area (Å²) in [6.07, 6.45) is -0.0292. The first-order chi connectivity index (χ1) is 11.7. The minimum absolute atomic E-state index is 0.105. The van der Waals surface area contributed by atoms with Gasteiger partial charge in [0.15, 0.2) is 4.99 Å². The molecular formula is C16H17O7PS-2. The molecule has 0 aliphatic rings. The first-order valence-corrected chi connectivity index (χ1v) is 10.6. The van der Waals surface area contributed by atoms with E-state index >= 15 is 0 Å². The van der Waals surface area contributed by atoms with Gasteiger partial charge in [0.1, 0.15) is 11.5 Å². The van der Waals surface area contributed by atoms with E-state index in [9.17, 15) is 23.1 Å². The predicted molar refractivity (Wildman–Crippen MR) is 88.2 cm³/mol. The van der Waals surface area contributed by atoms with E-state index in [1.54, 1.807) is 36.4 Å². The highest BCUT2D eigenvalue weighted by Crippen LogP contribution is 2.41. The molecule has 7 nitrogen and oxygen atoms in total. The summed E-state index contributed by atoms with van der Waals surface area (Å²) < 4.78 is 36.7. The molecule has 2 aromatic rings. The Morgan fingerprint density at radius 3 is 2.24 bits per heavy atom. The van der Waals surface area contributed by atoms with Crippen LogP contribution in [0.5, 0.6) is 11.5 Å². The molecule has 0 aliphatic heterocycles. The van der Waals surface area contributed by atoms with Crippen LogP contribution in [0.1, 0.15) is 18.4 Å². The number of para-hydroxylation sites is 1. The second kappa shape index (κ2) is 8.23. The normalized spacial score (nSPS) is 13.4. The van der Waals surface area contributed by atoms with Crippen molar-refractivity contribution in [2.75, 3.05) is 0 Å². The van der Waals surface area contributed by atoms with Crippen molar-refractivity contribution in [3.63, 3.8) is 0 Å². The molecule has 0 fully saturated rings. The fourth-order valence-electron chi connectivity index (χ4n) is 2.34. The quantitative estimate of drug-likeness (QED) is 0.527. The maximum absolute atomic E-state index is 11.0. The van der Waals surface area contributed by atoms with Gasteiger partial charge in [-0.2, -0.15) is 8.42 Å². The van der Waals surface area contributed by atoms with Crippen LogP contribution >= 0.6 is 7.94 Å². The maximum Gasteiger partial charge on any atom is 0.301 e. The molecule has 0 aromatic heterocycles. The summed E-state index contributed by atoms with van der Waals surface area (Å²) in [7, 11) is -10.4. The summed E-state index contributed by atoms with van der Waals surface area (Å²) in [6, 6.07) is 16.1. The minimum Gasteiger partial charge on any atom is -0.687 e. The zero-order valence-corrected chi connectivity index (χ0v) is 14.9. The lowest BCUT2D eigenvalue weighted by Crippen LogP contribution is -2.44. The smallest absolute Gasteiger partial charge is 0.301 e. The van der Waals surface area contributed by atoms with Crippen molar-refractivity contribution in [1.82, 2.24) is 0 Å². The molecule has 2 rings (SSSR count). The Balaban J connectivity index is 1.98. The van der Waals surface area contributed by atoms with Gasteiger partial charge in [-0.05, 0) is 42.7 Å². The lowest BCUT2D eigenvalue weighted by Gasteiger charge is -2.46. The Morgan fingerprint density at radius 2 is 1.64 bits per heavy atom. The molecule has 1 atom stereocenters. The van der Waals surface area contributed by atoms with Crippen LogP contribution in [-0.4, -0.2) is 18.0 Å². The number of aryl methyl sites for hydroxylation is 1. The SMILES string of the molecule is O=S(=O)(O)[C@H](CCCc1cccc(Oc2ccccc2)c1)[P+]([O-])([O-])[O-]. The molecule has 0 aliphatic carbocycles. The van der Waals surface area contributed by atoms with Crippen LogP contribution in [0.2, 0.25) is 0 Å². The largest absolute Gasteiger partial charge is 0.687 e. The summed E-state index contributed by atoms with van der Waals surface area (Å²) in [5, 5.41) is 0. The molecule has 0 saturated carbocycles. The number of benzene rings is 2. The molecule has 0 saturated heterocycles. The fourth-order valence-corrected chi connectivity index (χ4v) is 4.61. The third-order valence-corrected chi connectivity index (χ3v) is 6.95. The summed E-state index contributed by atoms with van der Waals surface area (Å²) >= 11 is 0. The van der Waals surface area contributed by atoms with Gasteiger partial charge in [-0.1, -0.05) is 30.3 Å². The van der Waals surface area contributed by atoms with E-state index in [4.69, 9.17) is 9.29 Å². The highest BCUT2D eigenvalue weighted by atomic mass is 32.2. The van der Waals surface area contributed by atoms with Gasteiger partial charge >= 0.3 is 10.1 Å². The van der Waals surface area contributed by atoms with Crippen molar-refractivity contribution in [3.05, 3.63) is 60.2 Å². The summed E-state index contributed by atoms with van der Waals surface area (Å²) in [4.78, 5) is 30.7. The van der Waals surface area contributed by atoms with Gasteiger partial charge in [0.25, 0.3) is 0 Å². The predicted octanol–water partition coefficient (Wildman–Crippen LogP) is 0.859. The summed E-state index contributed by atoms with van der Waals surface area (Å²) in [5.74, 6) is 1.23. The molecule has 25 heavy (non-hydrogen) atoms. The van der Waals surface area contributed by atoms with Crippen LogP contribution in [-0.2, 0) is 16.5 Å². The molecule has 136 valence electrons. The lowest BCUT2D eigenvalue weighted by atomic mass is 10.1. The first kappa shape index (κ1) is 19.8. The number of hydrogen-bond donors (Lipinski definition) is 1. The van der Waals surface area contributed by atoms with Gasteiger partial charge in [0.05, 0.1) is 0 Å². The van der Waals surface area contributed by atoms with Crippen molar-refractivity contribution >= 4 is 18.1 Å². The van der Waals surface area contributed by atoms with E-state index in [0.29, 0.717) is 17.9 Å². The van der Waals surface area contributed by atoms with Crippen LogP contribution < -0.4 is 19.4 Å². The first-order valence-electron chi connectivity index (χ1n) is 7.46. The van der Waals surface area contributed by atoms with Gasteiger partial charge in [0.2, 0.25) is 0 Å². The Hall–Kier alpha value is -1.54.